The second-order valence-electron chi connectivity index (χ2n) is 2.82. The van der Waals surface area contributed by atoms with Crippen molar-refractivity contribution in [3.63, 3.8) is 0 Å². The summed E-state index contributed by atoms with van der Waals surface area (Å²) in [6.07, 6.45) is 0. The third kappa shape index (κ3) is 1.83. The largest absolute Gasteiger partial charge is 0.325 e. The third-order valence-corrected chi connectivity index (χ3v) is 1.83. The van der Waals surface area contributed by atoms with Crippen LogP contribution in [0.3, 0.4) is 0 Å². The Labute approximate surface area is 83.3 Å². The fourth-order valence-electron chi connectivity index (χ4n) is 1.17. The van der Waals surface area contributed by atoms with Crippen LogP contribution in [0.4, 0.5) is 10.1 Å². The maximum atomic E-state index is 12.5. The van der Waals surface area contributed by atoms with Gasteiger partial charge < -0.3 is 4.52 Å². The Morgan fingerprint density at radius 3 is 2.80 bits per heavy atom. The van der Waals surface area contributed by atoms with Gasteiger partial charge in [-0.3, -0.25) is 10.1 Å². The van der Waals surface area contributed by atoms with E-state index in [1.165, 1.54) is 18.2 Å². The molecule has 0 bridgehead atoms. The Morgan fingerprint density at radius 2 is 2.20 bits per heavy atom. The number of nitro benzene ring substituents is 1. The van der Waals surface area contributed by atoms with Gasteiger partial charge in [-0.1, -0.05) is 17.3 Å². The van der Waals surface area contributed by atoms with Gasteiger partial charge in [-0.2, -0.15) is 4.39 Å². The molecular formula is C9H5FN2O3. The van der Waals surface area contributed by atoms with Crippen molar-refractivity contribution in [3.8, 4) is 11.3 Å². The quantitative estimate of drug-likeness (QED) is 0.561. The minimum atomic E-state index is -0.823. The van der Waals surface area contributed by atoms with E-state index in [-0.39, 0.29) is 11.4 Å². The zero-order valence-corrected chi connectivity index (χ0v) is 7.38. The van der Waals surface area contributed by atoms with Crippen molar-refractivity contribution in [2.45, 2.75) is 0 Å². The first-order valence-corrected chi connectivity index (χ1v) is 4.04. The molecule has 0 saturated heterocycles. The lowest BCUT2D eigenvalue weighted by Crippen LogP contribution is -1.87. The van der Waals surface area contributed by atoms with Crippen molar-refractivity contribution < 1.29 is 13.8 Å². The molecule has 0 radical (unpaired) electrons. The Bertz CT molecular complexity index is 510. The summed E-state index contributed by atoms with van der Waals surface area (Å²) in [5, 5.41) is 13.9. The lowest BCUT2D eigenvalue weighted by atomic mass is 10.1. The summed E-state index contributed by atoms with van der Waals surface area (Å²) in [6, 6.07) is 5.98. The van der Waals surface area contributed by atoms with Crippen molar-refractivity contribution in [3.05, 3.63) is 46.5 Å². The first-order valence-electron chi connectivity index (χ1n) is 4.04. The van der Waals surface area contributed by atoms with Gasteiger partial charge in [-0.05, 0) is 0 Å². The van der Waals surface area contributed by atoms with Gasteiger partial charge in [0, 0.05) is 23.8 Å². The average molecular weight is 208 g/mol. The highest BCUT2D eigenvalue weighted by Crippen LogP contribution is 2.22. The molecular weight excluding hydrogens is 203 g/mol. The van der Waals surface area contributed by atoms with Gasteiger partial charge in [0.05, 0.1) is 4.92 Å². The van der Waals surface area contributed by atoms with Crippen molar-refractivity contribution in [2.24, 2.45) is 0 Å². The topological polar surface area (TPSA) is 69.2 Å². The highest BCUT2D eigenvalue weighted by atomic mass is 19.1. The molecule has 0 atom stereocenters. The standard InChI is InChI=1S/C9H5FN2O3/c10-9-5-8(11-15-9)6-2-1-3-7(4-6)12(13)14/h1-5H. The fraction of sp³-hybridized carbons (Fsp3) is 0. The van der Waals surface area contributed by atoms with Gasteiger partial charge in [0.25, 0.3) is 5.69 Å². The molecule has 0 amide bonds. The Morgan fingerprint density at radius 1 is 1.40 bits per heavy atom. The van der Waals surface area contributed by atoms with Crippen LogP contribution in [-0.4, -0.2) is 10.1 Å². The third-order valence-electron chi connectivity index (χ3n) is 1.83. The summed E-state index contributed by atoms with van der Waals surface area (Å²) in [4.78, 5) is 9.95. The number of rotatable bonds is 2. The van der Waals surface area contributed by atoms with Crippen LogP contribution >= 0.6 is 0 Å². The number of hydrogen-bond donors (Lipinski definition) is 0. The summed E-state index contributed by atoms with van der Waals surface area (Å²) in [5.41, 5.74) is 0.601. The minimum absolute atomic E-state index is 0.0732. The first kappa shape index (κ1) is 9.32. The summed E-state index contributed by atoms with van der Waals surface area (Å²) < 4.78 is 16.7. The van der Waals surface area contributed by atoms with Gasteiger partial charge in [-0.15, -0.1) is 0 Å². The number of aromatic nitrogens is 1. The second-order valence-corrected chi connectivity index (χ2v) is 2.82. The van der Waals surface area contributed by atoms with Crippen LogP contribution in [0.25, 0.3) is 11.3 Å². The first-order chi connectivity index (χ1) is 7.16. The monoisotopic (exact) mass is 208 g/mol. The van der Waals surface area contributed by atoms with Crippen molar-refractivity contribution in [2.75, 3.05) is 0 Å². The van der Waals surface area contributed by atoms with Gasteiger partial charge in [0.2, 0.25) is 0 Å². The van der Waals surface area contributed by atoms with E-state index in [0.717, 1.165) is 6.07 Å². The van der Waals surface area contributed by atoms with Crippen LogP contribution in [0, 0.1) is 16.1 Å². The van der Waals surface area contributed by atoms with Gasteiger partial charge in [-0.25, -0.2) is 0 Å². The zero-order chi connectivity index (χ0) is 10.8. The van der Waals surface area contributed by atoms with Gasteiger partial charge in [0.1, 0.15) is 5.69 Å². The van der Waals surface area contributed by atoms with E-state index in [1.54, 1.807) is 6.07 Å². The van der Waals surface area contributed by atoms with Crippen LogP contribution in [0.15, 0.2) is 34.9 Å². The molecule has 0 spiro atoms. The lowest BCUT2D eigenvalue weighted by molar-refractivity contribution is -0.384. The van der Waals surface area contributed by atoms with Crippen LogP contribution in [-0.2, 0) is 0 Å². The highest BCUT2D eigenvalue weighted by Gasteiger charge is 2.10. The molecule has 0 saturated carbocycles. The molecule has 2 aromatic rings. The highest BCUT2D eigenvalue weighted by molar-refractivity contribution is 5.61. The molecule has 0 N–H and O–H groups in total. The van der Waals surface area contributed by atoms with Crippen molar-refractivity contribution in [1.82, 2.24) is 5.16 Å². The number of nitro groups is 1. The summed E-state index contributed by atoms with van der Waals surface area (Å²) in [5.74, 6) is 0. The maximum absolute atomic E-state index is 12.5. The second kappa shape index (κ2) is 3.49. The molecule has 0 aliphatic heterocycles. The van der Waals surface area contributed by atoms with E-state index < -0.39 is 10.9 Å². The normalized spacial score (nSPS) is 10.2. The lowest BCUT2D eigenvalue weighted by Gasteiger charge is -1.94. The number of benzene rings is 1. The number of halogens is 1. The molecule has 0 aliphatic rings. The fourth-order valence-corrected chi connectivity index (χ4v) is 1.17. The molecule has 6 heteroatoms. The predicted molar refractivity (Wildman–Crippen MR) is 48.6 cm³/mol. The van der Waals surface area contributed by atoms with Crippen LogP contribution < -0.4 is 0 Å². The molecule has 2 rings (SSSR count). The Kier molecular flexibility index (Phi) is 2.17. The van der Waals surface area contributed by atoms with E-state index in [4.69, 9.17) is 0 Å². The van der Waals surface area contributed by atoms with E-state index in [0.29, 0.717) is 5.56 Å². The molecule has 1 aromatic heterocycles. The molecule has 15 heavy (non-hydrogen) atoms. The molecule has 0 fully saturated rings. The number of nitrogens with zero attached hydrogens (tertiary/aromatic N) is 2. The van der Waals surface area contributed by atoms with Crippen molar-refractivity contribution >= 4 is 5.69 Å². The molecule has 0 unspecified atom stereocenters. The van der Waals surface area contributed by atoms with Gasteiger partial charge >= 0.3 is 6.01 Å². The molecule has 76 valence electrons. The summed E-state index contributed by atoms with van der Waals surface area (Å²) in [6.45, 7) is 0. The average Bonchev–Trinajstić information content (AvgIpc) is 2.65. The maximum Gasteiger partial charge on any atom is 0.306 e. The minimum Gasteiger partial charge on any atom is -0.325 e. The predicted octanol–water partition coefficient (Wildman–Crippen LogP) is 2.39. The Hall–Kier alpha value is -2.24. The van der Waals surface area contributed by atoms with E-state index in [9.17, 15) is 14.5 Å². The summed E-state index contributed by atoms with van der Waals surface area (Å²) in [7, 11) is 0. The van der Waals surface area contributed by atoms with Gasteiger partial charge in [0.15, 0.2) is 0 Å². The number of hydrogen-bond acceptors (Lipinski definition) is 4. The smallest absolute Gasteiger partial charge is 0.306 e. The zero-order valence-electron chi connectivity index (χ0n) is 7.38. The van der Waals surface area contributed by atoms with E-state index in [1.807, 2.05) is 0 Å². The van der Waals surface area contributed by atoms with Crippen LogP contribution in [0.2, 0.25) is 0 Å². The molecule has 1 heterocycles. The van der Waals surface area contributed by atoms with E-state index in [2.05, 4.69) is 9.68 Å². The van der Waals surface area contributed by atoms with E-state index >= 15 is 0 Å². The van der Waals surface area contributed by atoms with Crippen LogP contribution in [0.5, 0.6) is 0 Å². The Balaban J connectivity index is 2.45. The summed E-state index contributed by atoms with van der Waals surface area (Å²) >= 11 is 0. The molecule has 0 aliphatic carbocycles. The molecule has 5 nitrogen and oxygen atoms in total. The van der Waals surface area contributed by atoms with Crippen molar-refractivity contribution in [1.29, 1.82) is 0 Å². The SMILES string of the molecule is O=[N+]([O-])c1cccc(-c2cc(F)on2)c1. The van der Waals surface area contributed by atoms with Crippen LogP contribution in [0.1, 0.15) is 0 Å². The number of non-ortho nitro benzene ring substituents is 1. The molecule has 1 aromatic carbocycles.